The highest BCUT2D eigenvalue weighted by Gasteiger charge is 2.16. The highest BCUT2D eigenvalue weighted by molar-refractivity contribution is 7.92. The summed E-state index contributed by atoms with van der Waals surface area (Å²) in [7, 11) is -3.96. The van der Waals surface area contributed by atoms with E-state index in [1.807, 2.05) is 0 Å². The second-order valence-electron chi connectivity index (χ2n) is 4.24. The molecule has 0 aliphatic rings. The van der Waals surface area contributed by atoms with Gasteiger partial charge in [-0.25, -0.2) is 13.2 Å². The highest BCUT2D eigenvalue weighted by Crippen LogP contribution is 2.19. The van der Waals surface area contributed by atoms with E-state index in [2.05, 4.69) is 4.72 Å². The minimum Gasteiger partial charge on any atom is -0.478 e. The molecule has 0 saturated heterocycles. The Morgan fingerprint density at radius 2 is 1.77 bits per heavy atom. The van der Waals surface area contributed by atoms with Crippen LogP contribution in [0.15, 0.2) is 53.4 Å². The van der Waals surface area contributed by atoms with Crippen LogP contribution in [0.3, 0.4) is 0 Å². The first kappa shape index (κ1) is 15.4. The minimum atomic E-state index is -3.96. The van der Waals surface area contributed by atoms with E-state index >= 15 is 0 Å². The van der Waals surface area contributed by atoms with Crippen LogP contribution in [0.5, 0.6) is 0 Å². The number of carboxylic acids is 1. The summed E-state index contributed by atoms with van der Waals surface area (Å²) in [6, 6.07) is 9.64. The van der Waals surface area contributed by atoms with Gasteiger partial charge in [-0.15, -0.1) is 0 Å². The molecule has 0 bridgehead atoms. The van der Waals surface area contributed by atoms with Crippen LogP contribution in [0, 0.1) is 10.1 Å². The molecule has 0 fully saturated rings. The van der Waals surface area contributed by atoms with Gasteiger partial charge in [0.05, 0.1) is 15.4 Å². The van der Waals surface area contributed by atoms with Crippen molar-refractivity contribution < 1.29 is 23.2 Å². The molecule has 22 heavy (non-hydrogen) atoms. The molecule has 0 spiro atoms. The summed E-state index contributed by atoms with van der Waals surface area (Å²) in [5.41, 5.74) is -0.214. The normalized spacial score (nSPS) is 10.9. The maximum atomic E-state index is 12.1. The van der Waals surface area contributed by atoms with Crippen molar-refractivity contribution in [3.8, 4) is 0 Å². The second kappa shape index (κ2) is 5.82. The van der Waals surface area contributed by atoms with E-state index in [4.69, 9.17) is 5.11 Å². The number of nitrogens with one attached hydrogen (secondary N) is 1. The average Bonchev–Trinajstić information content (AvgIpc) is 2.47. The molecule has 0 aliphatic carbocycles. The quantitative estimate of drug-likeness (QED) is 0.641. The van der Waals surface area contributed by atoms with Crippen molar-refractivity contribution in [1.82, 2.24) is 0 Å². The molecule has 0 unspecified atom stereocenters. The zero-order valence-corrected chi connectivity index (χ0v) is 11.8. The molecule has 0 heterocycles. The van der Waals surface area contributed by atoms with Gasteiger partial charge in [0.25, 0.3) is 15.7 Å². The lowest BCUT2D eigenvalue weighted by atomic mass is 10.2. The van der Waals surface area contributed by atoms with Gasteiger partial charge in [-0.3, -0.25) is 14.8 Å². The monoisotopic (exact) mass is 322 g/mol. The number of benzene rings is 2. The van der Waals surface area contributed by atoms with Gasteiger partial charge in [0.2, 0.25) is 0 Å². The van der Waals surface area contributed by atoms with E-state index in [1.54, 1.807) is 0 Å². The molecule has 2 aromatic rings. The van der Waals surface area contributed by atoms with Crippen molar-refractivity contribution in [2.45, 2.75) is 4.90 Å². The molecule has 2 aromatic carbocycles. The van der Waals surface area contributed by atoms with Gasteiger partial charge >= 0.3 is 5.97 Å². The molecule has 0 amide bonds. The Labute approximate surface area is 125 Å². The van der Waals surface area contributed by atoms with E-state index in [-0.39, 0.29) is 21.8 Å². The van der Waals surface area contributed by atoms with Crippen molar-refractivity contribution in [1.29, 1.82) is 0 Å². The molecular formula is C13H10N2O6S. The number of nitro benzene ring substituents is 1. The summed E-state index contributed by atoms with van der Waals surface area (Å²) in [5.74, 6) is -1.18. The van der Waals surface area contributed by atoms with Gasteiger partial charge in [-0.05, 0) is 30.3 Å². The van der Waals surface area contributed by atoms with Crippen LogP contribution in [-0.2, 0) is 10.0 Å². The molecule has 0 aliphatic heterocycles. The summed E-state index contributed by atoms with van der Waals surface area (Å²) in [6.45, 7) is 0. The number of rotatable bonds is 5. The number of nitrogens with zero attached hydrogens (tertiary/aromatic N) is 1. The third-order valence-electron chi connectivity index (χ3n) is 2.72. The van der Waals surface area contributed by atoms with Gasteiger partial charge in [-0.1, -0.05) is 6.07 Å². The molecule has 2 N–H and O–H groups in total. The van der Waals surface area contributed by atoms with Gasteiger partial charge in [0.1, 0.15) is 0 Å². The van der Waals surface area contributed by atoms with Crippen LogP contribution in [0.2, 0.25) is 0 Å². The fraction of sp³-hybridized carbons (Fsp3) is 0. The van der Waals surface area contributed by atoms with Crippen LogP contribution in [0.4, 0.5) is 11.4 Å². The molecule has 0 aromatic heterocycles. The zero-order valence-electron chi connectivity index (χ0n) is 11.0. The molecule has 2 rings (SSSR count). The van der Waals surface area contributed by atoms with Crippen LogP contribution < -0.4 is 4.72 Å². The van der Waals surface area contributed by atoms with E-state index in [0.29, 0.717) is 0 Å². The summed E-state index contributed by atoms with van der Waals surface area (Å²) < 4.78 is 26.5. The average molecular weight is 322 g/mol. The van der Waals surface area contributed by atoms with Crippen LogP contribution in [0.1, 0.15) is 10.4 Å². The van der Waals surface area contributed by atoms with Crippen molar-refractivity contribution in [3.05, 3.63) is 64.2 Å². The Hall–Kier alpha value is -2.94. The molecule has 0 radical (unpaired) electrons. The number of hydrogen-bond donors (Lipinski definition) is 2. The Morgan fingerprint density at radius 1 is 1.14 bits per heavy atom. The van der Waals surface area contributed by atoms with Gasteiger partial charge in [0.15, 0.2) is 0 Å². The number of sulfonamides is 1. The largest absolute Gasteiger partial charge is 0.478 e. The van der Waals surface area contributed by atoms with Crippen LogP contribution >= 0.6 is 0 Å². The fourth-order valence-electron chi connectivity index (χ4n) is 1.68. The summed E-state index contributed by atoms with van der Waals surface area (Å²) >= 11 is 0. The first-order valence-corrected chi connectivity index (χ1v) is 7.38. The number of carbonyl (C=O) groups is 1. The lowest BCUT2D eigenvalue weighted by Gasteiger charge is -2.08. The molecule has 9 heteroatoms. The van der Waals surface area contributed by atoms with E-state index in [1.165, 1.54) is 24.3 Å². The predicted molar refractivity (Wildman–Crippen MR) is 77.3 cm³/mol. The number of non-ortho nitro benzene ring substituents is 1. The highest BCUT2D eigenvalue weighted by atomic mass is 32.2. The number of hydrogen-bond acceptors (Lipinski definition) is 5. The van der Waals surface area contributed by atoms with Crippen LogP contribution in [-0.4, -0.2) is 24.4 Å². The third kappa shape index (κ3) is 3.38. The maximum Gasteiger partial charge on any atom is 0.335 e. The standard InChI is InChI=1S/C13H10N2O6S/c16-13(17)9-2-1-3-10(8-9)14-22(20,21)12-6-4-11(5-7-12)15(18)19/h1-8,14H,(H,16,17). The fourth-order valence-corrected chi connectivity index (χ4v) is 2.73. The molecule has 0 saturated carbocycles. The van der Waals surface area contributed by atoms with E-state index in [0.717, 1.165) is 24.3 Å². The van der Waals surface area contributed by atoms with E-state index in [9.17, 15) is 23.3 Å². The van der Waals surface area contributed by atoms with Crippen molar-refractivity contribution in [2.75, 3.05) is 4.72 Å². The summed E-state index contributed by atoms with van der Waals surface area (Å²) in [4.78, 5) is 20.6. The van der Waals surface area contributed by atoms with Crippen molar-refractivity contribution in [2.24, 2.45) is 0 Å². The first-order chi connectivity index (χ1) is 10.3. The van der Waals surface area contributed by atoms with Crippen molar-refractivity contribution in [3.63, 3.8) is 0 Å². The van der Waals surface area contributed by atoms with Gasteiger partial charge in [0, 0.05) is 17.8 Å². The number of anilines is 1. The number of nitro groups is 1. The lowest BCUT2D eigenvalue weighted by Crippen LogP contribution is -2.13. The minimum absolute atomic E-state index is 0.0658. The van der Waals surface area contributed by atoms with Gasteiger partial charge in [-0.2, -0.15) is 0 Å². The number of carboxylic acid groups (broad SMARTS) is 1. The Morgan fingerprint density at radius 3 is 2.32 bits per heavy atom. The summed E-state index contributed by atoms with van der Waals surface area (Å²) in [6.07, 6.45) is 0. The molecule has 114 valence electrons. The summed E-state index contributed by atoms with van der Waals surface area (Å²) in [5, 5.41) is 19.4. The Bertz CT molecular complexity index is 830. The van der Waals surface area contributed by atoms with Gasteiger partial charge < -0.3 is 5.11 Å². The van der Waals surface area contributed by atoms with E-state index < -0.39 is 20.9 Å². The predicted octanol–water partition coefficient (Wildman–Crippen LogP) is 2.09. The topological polar surface area (TPSA) is 127 Å². The lowest BCUT2D eigenvalue weighted by molar-refractivity contribution is -0.384. The number of aromatic carboxylic acids is 1. The SMILES string of the molecule is O=C(O)c1cccc(NS(=O)(=O)c2ccc([N+](=O)[O-])cc2)c1. The Kier molecular flexibility index (Phi) is 4.08. The molecule has 0 atom stereocenters. The van der Waals surface area contributed by atoms with Crippen molar-refractivity contribution >= 4 is 27.4 Å². The second-order valence-corrected chi connectivity index (χ2v) is 5.92. The van der Waals surface area contributed by atoms with Crippen LogP contribution in [0.25, 0.3) is 0 Å². The molecule has 8 nitrogen and oxygen atoms in total. The zero-order chi connectivity index (χ0) is 16.3. The third-order valence-corrected chi connectivity index (χ3v) is 4.12. The maximum absolute atomic E-state index is 12.1. The first-order valence-electron chi connectivity index (χ1n) is 5.90. The molecular weight excluding hydrogens is 312 g/mol. The smallest absolute Gasteiger partial charge is 0.335 e. The Balaban J connectivity index is 2.29.